The highest BCUT2D eigenvalue weighted by atomic mass is 16.3. The second-order valence-electron chi connectivity index (χ2n) is 4.10. The van der Waals surface area contributed by atoms with Gasteiger partial charge in [-0.15, -0.1) is 10.2 Å². The summed E-state index contributed by atoms with van der Waals surface area (Å²) < 4.78 is 0. The van der Waals surface area contributed by atoms with Crippen molar-refractivity contribution in [1.82, 2.24) is 15.2 Å². The van der Waals surface area contributed by atoms with Crippen LogP contribution in [-0.2, 0) is 0 Å². The molecule has 0 radical (unpaired) electrons. The molecule has 0 saturated carbocycles. The fraction of sp³-hybridized carbons (Fsp3) is 0.273. The van der Waals surface area contributed by atoms with Gasteiger partial charge in [-0.3, -0.25) is 4.98 Å². The van der Waals surface area contributed by atoms with E-state index in [1.165, 1.54) is 12.1 Å². The van der Waals surface area contributed by atoms with Gasteiger partial charge >= 0.3 is 0 Å². The van der Waals surface area contributed by atoms with E-state index in [0.29, 0.717) is 17.6 Å². The van der Waals surface area contributed by atoms with Crippen LogP contribution in [0, 0.1) is 0 Å². The molecule has 96 valence electrons. The molecule has 0 aliphatic heterocycles. The minimum absolute atomic E-state index is 0.154. The van der Waals surface area contributed by atoms with Crippen LogP contribution in [0.15, 0.2) is 18.2 Å². The number of H-pyrrole nitrogens is 1. The smallest absolute Gasteiger partial charge is 0.230 e. The zero-order valence-corrected chi connectivity index (χ0v) is 10.4. The number of anilines is 3. The lowest BCUT2D eigenvalue weighted by molar-refractivity contribution is 0.404. The third kappa shape index (κ3) is 2.15. The molecule has 2 rings (SSSR count). The first-order valence-corrected chi connectivity index (χ1v) is 5.34. The second-order valence-corrected chi connectivity index (χ2v) is 4.10. The Balaban J connectivity index is 2.29. The molecule has 0 atom stereocenters. The van der Waals surface area contributed by atoms with E-state index in [4.69, 9.17) is 0 Å². The lowest BCUT2D eigenvalue weighted by atomic mass is 10.2. The van der Waals surface area contributed by atoms with Gasteiger partial charge in [0, 0.05) is 32.9 Å². The van der Waals surface area contributed by atoms with E-state index in [-0.39, 0.29) is 11.5 Å². The fourth-order valence-corrected chi connectivity index (χ4v) is 1.44. The van der Waals surface area contributed by atoms with Gasteiger partial charge in [-0.2, -0.15) is 0 Å². The van der Waals surface area contributed by atoms with Crippen molar-refractivity contribution in [2.45, 2.75) is 0 Å². The molecule has 0 aliphatic rings. The maximum atomic E-state index is 9.46. The van der Waals surface area contributed by atoms with Crippen molar-refractivity contribution in [3.63, 3.8) is 0 Å². The largest absolute Gasteiger partial charge is 0.504 e. The molecule has 0 amide bonds. The summed E-state index contributed by atoms with van der Waals surface area (Å²) in [7, 11) is 5.50. The maximum absolute atomic E-state index is 9.46. The maximum Gasteiger partial charge on any atom is 0.230 e. The van der Waals surface area contributed by atoms with Crippen molar-refractivity contribution in [3.8, 4) is 11.5 Å². The summed E-state index contributed by atoms with van der Waals surface area (Å²) in [6.45, 7) is 0. The number of aromatic hydroxyl groups is 2. The summed E-state index contributed by atoms with van der Waals surface area (Å²) in [4.78, 5) is 6.56. The van der Waals surface area contributed by atoms with Crippen LogP contribution in [0.3, 0.4) is 0 Å². The summed E-state index contributed by atoms with van der Waals surface area (Å²) in [5, 5.41) is 26.7. The summed E-state index contributed by atoms with van der Waals surface area (Å²) in [5.74, 6) is 0.856. The van der Waals surface area contributed by atoms with Gasteiger partial charge in [0.05, 0.1) is 0 Å². The predicted octanol–water partition coefficient (Wildman–Crippen LogP) is 1.05. The quantitative estimate of drug-likeness (QED) is 0.705. The number of phenolic OH excluding ortho intramolecular Hbond substituents is 2. The standard InChI is InChI=1S/C11H15N5O2/c1-15(2)10-12-11(14-13-10)16(3)7-4-5-8(17)9(18)6-7/h4-6,17-18H,1-3H3,(H,12,13,14). The van der Waals surface area contributed by atoms with Crippen LogP contribution in [-0.4, -0.2) is 46.5 Å². The summed E-state index contributed by atoms with van der Waals surface area (Å²) in [6.07, 6.45) is 0. The molecule has 7 heteroatoms. The minimum atomic E-state index is -0.174. The first-order chi connectivity index (χ1) is 8.49. The number of phenols is 2. The van der Waals surface area contributed by atoms with Crippen LogP contribution in [0.5, 0.6) is 11.5 Å². The summed E-state index contributed by atoms with van der Waals surface area (Å²) in [6, 6.07) is 4.55. The Hall–Kier alpha value is -2.44. The molecule has 0 bridgehead atoms. The highest BCUT2D eigenvalue weighted by Crippen LogP contribution is 2.31. The van der Waals surface area contributed by atoms with E-state index in [0.717, 1.165) is 0 Å². The number of rotatable bonds is 3. The van der Waals surface area contributed by atoms with Gasteiger partial charge in [0.25, 0.3) is 0 Å². The molecule has 1 heterocycles. The van der Waals surface area contributed by atoms with Crippen molar-refractivity contribution in [2.75, 3.05) is 30.9 Å². The van der Waals surface area contributed by atoms with Gasteiger partial charge in [-0.1, -0.05) is 0 Å². The number of hydrogen-bond donors (Lipinski definition) is 3. The van der Waals surface area contributed by atoms with Gasteiger partial charge in [0.15, 0.2) is 11.5 Å². The second kappa shape index (κ2) is 4.44. The van der Waals surface area contributed by atoms with Crippen molar-refractivity contribution < 1.29 is 10.2 Å². The van der Waals surface area contributed by atoms with Crippen LogP contribution >= 0.6 is 0 Å². The molecule has 1 aromatic heterocycles. The summed E-state index contributed by atoms with van der Waals surface area (Å²) in [5.41, 5.74) is 0.687. The molecule has 2 aromatic rings. The van der Waals surface area contributed by atoms with Crippen LogP contribution in [0.4, 0.5) is 17.6 Å². The number of nitrogens with one attached hydrogen (secondary N) is 1. The molecule has 0 spiro atoms. The molecule has 18 heavy (non-hydrogen) atoms. The molecule has 0 aliphatic carbocycles. The monoisotopic (exact) mass is 249 g/mol. The van der Waals surface area contributed by atoms with Gasteiger partial charge in [-0.25, -0.2) is 0 Å². The average molecular weight is 249 g/mol. The third-order valence-electron chi connectivity index (χ3n) is 2.55. The zero-order valence-electron chi connectivity index (χ0n) is 10.4. The highest BCUT2D eigenvalue weighted by molar-refractivity contribution is 5.61. The first kappa shape index (κ1) is 12.0. The van der Waals surface area contributed by atoms with E-state index in [2.05, 4.69) is 15.2 Å². The third-order valence-corrected chi connectivity index (χ3v) is 2.55. The Morgan fingerprint density at radius 3 is 2.22 bits per heavy atom. The van der Waals surface area contributed by atoms with Crippen LogP contribution in [0.2, 0.25) is 0 Å². The molecule has 0 fully saturated rings. The van der Waals surface area contributed by atoms with Gasteiger partial charge in [0.2, 0.25) is 11.9 Å². The Morgan fingerprint density at radius 2 is 1.67 bits per heavy atom. The fourth-order valence-electron chi connectivity index (χ4n) is 1.44. The van der Waals surface area contributed by atoms with E-state index < -0.39 is 0 Å². The first-order valence-electron chi connectivity index (χ1n) is 5.34. The Labute approximate surface area is 104 Å². The molecule has 0 saturated heterocycles. The lowest BCUT2D eigenvalue weighted by Crippen LogP contribution is -2.12. The molecule has 1 aromatic carbocycles. The lowest BCUT2D eigenvalue weighted by Gasteiger charge is -2.16. The van der Waals surface area contributed by atoms with E-state index in [1.54, 1.807) is 22.9 Å². The van der Waals surface area contributed by atoms with Crippen molar-refractivity contribution in [3.05, 3.63) is 18.2 Å². The molecule has 3 N–H and O–H groups in total. The van der Waals surface area contributed by atoms with Crippen LogP contribution in [0.1, 0.15) is 0 Å². The Morgan fingerprint density at radius 1 is 1.00 bits per heavy atom. The van der Waals surface area contributed by atoms with E-state index in [1.807, 2.05) is 14.1 Å². The van der Waals surface area contributed by atoms with Crippen LogP contribution in [0.25, 0.3) is 0 Å². The van der Waals surface area contributed by atoms with Gasteiger partial charge in [-0.05, 0) is 12.1 Å². The number of nitrogens with zero attached hydrogens (tertiary/aromatic N) is 4. The Bertz CT molecular complexity index is 552. The Kier molecular flexibility index (Phi) is 2.97. The van der Waals surface area contributed by atoms with E-state index in [9.17, 15) is 10.2 Å². The van der Waals surface area contributed by atoms with Crippen molar-refractivity contribution in [2.24, 2.45) is 0 Å². The van der Waals surface area contributed by atoms with Gasteiger partial charge < -0.3 is 20.0 Å². The number of aromatic nitrogens is 3. The minimum Gasteiger partial charge on any atom is -0.504 e. The summed E-state index contributed by atoms with van der Waals surface area (Å²) >= 11 is 0. The molecule has 0 unspecified atom stereocenters. The predicted molar refractivity (Wildman–Crippen MR) is 68.5 cm³/mol. The topological polar surface area (TPSA) is 88.5 Å². The normalized spacial score (nSPS) is 10.4. The SMILES string of the molecule is CN(C)c1nnc(N(C)c2ccc(O)c(O)c2)[nH]1. The number of aromatic amines is 1. The highest BCUT2D eigenvalue weighted by Gasteiger charge is 2.12. The average Bonchev–Trinajstić information content (AvgIpc) is 2.81. The number of benzene rings is 1. The molecular formula is C11H15N5O2. The van der Waals surface area contributed by atoms with Crippen LogP contribution < -0.4 is 9.80 Å². The van der Waals surface area contributed by atoms with Crippen molar-refractivity contribution >= 4 is 17.6 Å². The molecule has 7 nitrogen and oxygen atoms in total. The zero-order chi connectivity index (χ0) is 13.3. The molecular weight excluding hydrogens is 234 g/mol. The van der Waals surface area contributed by atoms with E-state index >= 15 is 0 Å². The van der Waals surface area contributed by atoms with Gasteiger partial charge in [0.1, 0.15) is 0 Å². The van der Waals surface area contributed by atoms with Crippen molar-refractivity contribution in [1.29, 1.82) is 0 Å². The number of hydrogen-bond acceptors (Lipinski definition) is 6.